The van der Waals surface area contributed by atoms with Gasteiger partial charge in [0.1, 0.15) is 10.9 Å². The van der Waals surface area contributed by atoms with Gasteiger partial charge in [-0.1, -0.05) is 0 Å². The second-order valence-electron chi connectivity index (χ2n) is 5.88. The molecular weight excluding hydrogens is 352 g/mol. The molecule has 1 aromatic heterocycles. The third kappa shape index (κ3) is 2.91. The zero-order valence-corrected chi connectivity index (χ0v) is 14.0. The van der Waals surface area contributed by atoms with Crippen LogP contribution in [0.3, 0.4) is 0 Å². The summed E-state index contributed by atoms with van der Waals surface area (Å²) in [5.41, 5.74) is -0.973. The number of non-ortho nitro benzene ring substituents is 1. The lowest BCUT2D eigenvalue weighted by Gasteiger charge is -2.23. The van der Waals surface area contributed by atoms with Crippen molar-refractivity contribution in [3.8, 4) is 0 Å². The number of fused-ring (bicyclic) bond motifs is 1. The summed E-state index contributed by atoms with van der Waals surface area (Å²) < 4.78 is 12.8. The van der Waals surface area contributed by atoms with Crippen molar-refractivity contribution in [1.82, 2.24) is 13.6 Å². The van der Waals surface area contributed by atoms with Crippen LogP contribution in [-0.4, -0.2) is 62.4 Å². The molecule has 1 aliphatic rings. The van der Waals surface area contributed by atoms with Crippen LogP contribution in [0.25, 0.3) is 11.0 Å². The van der Waals surface area contributed by atoms with E-state index in [1.165, 1.54) is 18.1 Å². The Morgan fingerprint density at radius 3 is 2.88 bits per heavy atom. The van der Waals surface area contributed by atoms with Gasteiger partial charge in [-0.25, -0.2) is 0 Å². The van der Waals surface area contributed by atoms with Crippen molar-refractivity contribution >= 4 is 40.3 Å². The monoisotopic (exact) mass is 366 g/mol. The minimum atomic E-state index is -1.16. The van der Waals surface area contributed by atoms with Gasteiger partial charge in [0, 0.05) is 31.8 Å². The van der Waals surface area contributed by atoms with E-state index in [9.17, 15) is 24.8 Å². The van der Waals surface area contributed by atoms with E-state index in [1.807, 2.05) is 0 Å². The summed E-state index contributed by atoms with van der Waals surface area (Å²) in [6, 6.07) is 2.59. The topological polar surface area (TPSA) is 136 Å². The van der Waals surface area contributed by atoms with E-state index < -0.39 is 22.2 Å². The largest absolute Gasteiger partial charge is 0.481 e. The SMILES string of the molecule is COCC1(C(=O)O)CCN(C(=O)c2cc([N+](=O)[O-])c3nsnc3c2)C1. The quantitative estimate of drug-likeness (QED) is 0.615. The van der Waals surface area contributed by atoms with Gasteiger partial charge in [-0.2, -0.15) is 8.75 Å². The average molecular weight is 366 g/mol. The molecule has 0 spiro atoms. The third-order valence-corrected chi connectivity index (χ3v) is 4.84. The number of nitro benzene ring substituents is 1. The minimum absolute atomic E-state index is 0.0126. The number of hydrogen-bond donors (Lipinski definition) is 1. The van der Waals surface area contributed by atoms with Crippen molar-refractivity contribution in [1.29, 1.82) is 0 Å². The number of amides is 1. The summed E-state index contributed by atoms with van der Waals surface area (Å²) in [7, 11) is 1.40. The van der Waals surface area contributed by atoms with Crippen molar-refractivity contribution in [2.45, 2.75) is 6.42 Å². The van der Waals surface area contributed by atoms with E-state index in [1.54, 1.807) is 0 Å². The van der Waals surface area contributed by atoms with E-state index >= 15 is 0 Å². The van der Waals surface area contributed by atoms with E-state index in [-0.39, 0.29) is 48.4 Å². The normalized spacial score (nSPS) is 20.1. The predicted molar refractivity (Wildman–Crippen MR) is 86.5 cm³/mol. The number of carbonyl (C=O) groups is 2. The first-order valence-electron chi connectivity index (χ1n) is 7.30. The van der Waals surface area contributed by atoms with Crippen molar-refractivity contribution in [3.05, 3.63) is 27.8 Å². The molecule has 11 heteroatoms. The van der Waals surface area contributed by atoms with Gasteiger partial charge in [0.05, 0.1) is 23.3 Å². The Labute approximate surface area is 145 Å². The second kappa shape index (κ2) is 6.33. The van der Waals surface area contributed by atoms with Gasteiger partial charge in [-0.15, -0.1) is 0 Å². The molecule has 2 aromatic rings. The molecule has 0 bridgehead atoms. The number of hydrogen-bond acceptors (Lipinski definition) is 8. The fourth-order valence-electron chi connectivity index (χ4n) is 2.99. The zero-order valence-electron chi connectivity index (χ0n) is 13.2. The Hall–Kier alpha value is -2.66. The first-order valence-corrected chi connectivity index (χ1v) is 8.03. The standard InChI is InChI=1S/C14H14N4O6S/c1-24-7-14(13(20)21)2-3-17(6-14)12(19)8-4-9-11(16-25-15-9)10(5-8)18(22)23/h4-5H,2-3,6-7H2,1H3,(H,20,21). The molecule has 1 aromatic carbocycles. The first kappa shape index (κ1) is 17.2. The molecule has 10 nitrogen and oxygen atoms in total. The van der Waals surface area contributed by atoms with Crippen LogP contribution >= 0.6 is 11.7 Å². The number of ether oxygens (including phenoxy) is 1. The van der Waals surface area contributed by atoms with Crippen molar-refractivity contribution in [2.24, 2.45) is 5.41 Å². The number of carboxylic acid groups (broad SMARTS) is 1. The summed E-state index contributed by atoms with van der Waals surface area (Å²) in [4.78, 5) is 36.3. The van der Waals surface area contributed by atoms with Gasteiger partial charge in [-0.05, 0) is 12.5 Å². The van der Waals surface area contributed by atoms with Crippen LogP contribution in [0.4, 0.5) is 5.69 Å². The summed E-state index contributed by atoms with van der Waals surface area (Å²) in [5.74, 6) is -1.51. The molecule has 1 amide bonds. The Bertz CT molecular complexity index is 868. The Balaban J connectivity index is 1.93. The number of aromatic nitrogens is 2. The molecule has 132 valence electrons. The number of methoxy groups -OCH3 is 1. The smallest absolute Gasteiger partial charge is 0.313 e. The lowest BCUT2D eigenvalue weighted by molar-refractivity contribution is -0.383. The predicted octanol–water partition coefficient (Wildman–Crippen LogP) is 1.16. The fourth-order valence-corrected chi connectivity index (χ4v) is 3.53. The fraction of sp³-hybridized carbons (Fsp3) is 0.429. The number of carboxylic acids is 1. The second-order valence-corrected chi connectivity index (χ2v) is 6.41. The highest BCUT2D eigenvalue weighted by Gasteiger charge is 2.46. The van der Waals surface area contributed by atoms with Crippen LogP contribution in [0.15, 0.2) is 12.1 Å². The molecule has 3 rings (SSSR count). The Morgan fingerprint density at radius 1 is 1.48 bits per heavy atom. The number of nitro groups is 1. The number of rotatable bonds is 5. The van der Waals surface area contributed by atoms with E-state index in [0.29, 0.717) is 0 Å². The highest BCUT2D eigenvalue weighted by Crippen LogP contribution is 2.33. The first-order chi connectivity index (χ1) is 11.9. The maximum Gasteiger partial charge on any atom is 0.313 e. The molecule has 2 heterocycles. The van der Waals surface area contributed by atoms with E-state index in [0.717, 1.165) is 17.8 Å². The lowest BCUT2D eigenvalue weighted by atomic mass is 9.88. The van der Waals surface area contributed by atoms with E-state index in [2.05, 4.69) is 8.75 Å². The molecule has 1 saturated heterocycles. The van der Waals surface area contributed by atoms with Gasteiger partial charge in [-0.3, -0.25) is 19.7 Å². The third-order valence-electron chi connectivity index (χ3n) is 4.30. The van der Waals surface area contributed by atoms with Crippen molar-refractivity contribution < 1.29 is 24.4 Å². The maximum atomic E-state index is 12.7. The molecule has 1 unspecified atom stereocenters. The number of benzene rings is 1. The Morgan fingerprint density at radius 2 is 2.24 bits per heavy atom. The van der Waals surface area contributed by atoms with Crippen molar-refractivity contribution in [3.63, 3.8) is 0 Å². The van der Waals surface area contributed by atoms with Gasteiger partial charge < -0.3 is 14.7 Å². The maximum absolute atomic E-state index is 12.7. The summed E-state index contributed by atoms with van der Waals surface area (Å²) >= 11 is 0.824. The van der Waals surface area contributed by atoms with Crippen molar-refractivity contribution in [2.75, 3.05) is 26.8 Å². The molecule has 0 radical (unpaired) electrons. The Kier molecular flexibility index (Phi) is 4.35. The molecular formula is C14H14N4O6S. The highest BCUT2D eigenvalue weighted by atomic mass is 32.1. The minimum Gasteiger partial charge on any atom is -0.481 e. The van der Waals surface area contributed by atoms with Crippen LogP contribution in [0.5, 0.6) is 0 Å². The lowest BCUT2D eigenvalue weighted by Crippen LogP contribution is -2.40. The van der Waals surface area contributed by atoms with Crippen LogP contribution in [0.1, 0.15) is 16.8 Å². The summed E-state index contributed by atoms with van der Waals surface area (Å²) in [6.45, 7) is 0.201. The van der Waals surface area contributed by atoms with E-state index in [4.69, 9.17) is 4.74 Å². The van der Waals surface area contributed by atoms with Gasteiger partial charge in [0.15, 0.2) is 5.52 Å². The number of likely N-dealkylation sites (tertiary alicyclic amines) is 1. The van der Waals surface area contributed by atoms with Gasteiger partial charge >= 0.3 is 5.97 Å². The van der Waals surface area contributed by atoms with Gasteiger partial charge in [0.25, 0.3) is 11.6 Å². The van der Waals surface area contributed by atoms with Gasteiger partial charge in [0.2, 0.25) is 0 Å². The molecule has 0 aliphatic carbocycles. The molecule has 0 saturated carbocycles. The zero-order chi connectivity index (χ0) is 18.2. The van der Waals surface area contributed by atoms with Crippen LogP contribution in [0.2, 0.25) is 0 Å². The molecule has 1 aliphatic heterocycles. The average Bonchev–Trinajstić information content (AvgIpc) is 3.20. The molecule has 25 heavy (non-hydrogen) atoms. The highest BCUT2D eigenvalue weighted by molar-refractivity contribution is 7.00. The summed E-state index contributed by atoms with van der Waals surface area (Å²) in [6.07, 6.45) is 0.254. The van der Waals surface area contributed by atoms with Crippen LogP contribution in [0, 0.1) is 15.5 Å². The molecule has 1 atom stereocenters. The molecule has 1 fully saturated rings. The molecule has 1 N–H and O–H groups in total. The number of carbonyl (C=O) groups excluding carboxylic acids is 1. The summed E-state index contributed by atoms with van der Waals surface area (Å²) in [5, 5.41) is 20.7. The van der Waals surface area contributed by atoms with Crippen LogP contribution in [-0.2, 0) is 9.53 Å². The van der Waals surface area contributed by atoms with Crippen LogP contribution < -0.4 is 0 Å². The number of nitrogens with zero attached hydrogens (tertiary/aromatic N) is 4. The number of aliphatic carboxylic acids is 1.